The van der Waals surface area contributed by atoms with Gasteiger partial charge in [0.05, 0.1) is 18.0 Å². The maximum atomic E-state index is 12.5. The van der Waals surface area contributed by atoms with E-state index in [1.165, 1.54) is 0 Å². The van der Waals surface area contributed by atoms with Crippen LogP contribution in [0.1, 0.15) is 13.8 Å². The summed E-state index contributed by atoms with van der Waals surface area (Å²) in [6.45, 7) is 6.08. The number of benzene rings is 1. The van der Waals surface area contributed by atoms with E-state index in [1.807, 2.05) is 0 Å². The van der Waals surface area contributed by atoms with Crippen molar-refractivity contribution in [2.24, 2.45) is 0 Å². The van der Waals surface area contributed by atoms with Crippen molar-refractivity contribution in [2.45, 2.75) is 26.0 Å². The summed E-state index contributed by atoms with van der Waals surface area (Å²) in [4.78, 5) is 26.1. The predicted molar refractivity (Wildman–Crippen MR) is 85.6 cm³/mol. The molecule has 0 saturated carbocycles. The third-order valence-corrected chi connectivity index (χ3v) is 4.02. The van der Waals surface area contributed by atoms with Crippen LogP contribution in [0.2, 0.25) is 0 Å². The maximum Gasteiger partial charge on any atom is 0.262 e. The molecule has 1 aromatic carbocycles. The summed E-state index contributed by atoms with van der Waals surface area (Å²) in [6, 6.07) is 5.61. The minimum Gasteiger partial charge on any atom is -0.479 e. The molecule has 2 aliphatic heterocycles. The number of amides is 2. The number of ether oxygens (including phenoxy) is 2. The average molecular weight is 319 g/mol. The number of nitrogens with zero attached hydrogens (tertiary/aromatic N) is 1. The number of nitrogens with one attached hydrogen (secondary N) is 2. The molecule has 1 unspecified atom stereocenters. The molecule has 1 atom stereocenters. The molecule has 7 heteroatoms. The molecule has 2 amide bonds. The molecule has 0 spiro atoms. The van der Waals surface area contributed by atoms with E-state index in [0.29, 0.717) is 36.3 Å². The Kier molecular flexibility index (Phi) is 4.49. The van der Waals surface area contributed by atoms with Crippen LogP contribution in [0, 0.1) is 0 Å². The molecule has 0 aliphatic carbocycles. The molecule has 0 radical (unpaired) electrons. The first-order chi connectivity index (χ1) is 11.0. The van der Waals surface area contributed by atoms with Crippen LogP contribution < -0.4 is 15.4 Å². The summed E-state index contributed by atoms with van der Waals surface area (Å²) in [5, 5.41) is 5.57. The molecule has 2 aliphatic rings. The zero-order valence-corrected chi connectivity index (χ0v) is 13.3. The lowest BCUT2D eigenvalue weighted by molar-refractivity contribution is -0.133. The molecule has 2 heterocycles. The summed E-state index contributed by atoms with van der Waals surface area (Å²) in [7, 11) is 0. The summed E-state index contributed by atoms with van der Waals surface area (Å²) >= 11 is 0. The second-order valence-corrected chi connectivity index (χ2v) is 5.96. The van der Waals surface area contributed by atoms with E-state index >= 15 is 0 Å². The van der Waals surface area contributed by atoms with Crippen molar-refractivity contribution in [3.05, 3.63) is 18.2 Å². The fraction of sp³-hybridized carbons (Fsp3) is 0.500. The summed E-state index contributed by atoms with van der Waals surface area (Å²) in [6.07, 6.45) is -0.514. The Bertz CT molecular complexity index is 617. The van der Waals surface area contributed by atoms with Crippen LogP contribution in [0.15, 0.2) is 18.2 Å². The van der Waals surface area contributed by atoms with Gasteiger partial charge in [0.25, 0.3) is 11.8 Å². The topological polar surface area (TPSA) is 79.9 Å². The van der Waals surface area contributed by atoms with Gasteiger partial charge in [0.2, 0.25) is 0 Å². The van der Waals surface area contributed by atoms with Crippen LogP contribution in [-0.2, 0) is 14.3 Å². The quantitative estimate of drug-likeness (QED) is 0.871. The minimum atomic E-state index is -0.514. The third kappa shape index (κ3) is 3.46. The number of carbonyl (C=O) groups is 2. The van der Waals surface area contributed by atoms with Gasteiger partial charge in [0.1, 0.15) is 6.10 Å². The van der Waals surface area contributed by atoms with Gasteiger partial charge in [-0.05, 0) is 26.0 Å². The van der Waals surface area contributed by atoms with Crippen LogP contribution in [0.4, 0.5) is 11.4 Å². The number of anilines is 2. The number of carbonyl (C=O) groups excluding carboxylic acids is 2. The molecule has 3 rings (SSSR count). The average Bonchev–Trinajstić information content (AvgIpc) is 2.54. The van der Waals surface area contributed by atoms with Gasteiger partial charge in [-0.25, -0.2) is 0 Å². The Morgan fingerprint density at radius 2 is 2.26 bits per heavy atom. The van der Waals surface area contributed by atoms with Crippen LogP contribution in [0.5, 0.6) is 5.75 Å². The minimum absolute atomic E-state index is 0.0546. The van der Waals surface area contributed by atoms with Gasteiger partial charge < -0.3 is 20.1 Å². The Morgan fingerprint density at radius 3 is 3.04 bits per heavy atom. The smallest absolute Gasteiger partial charge is 0.262 e. The van der Waals surface area contributed by atoms with Crippen molar-refractivity contribution in [2.75, 3.05) is 36.9 Å². The zero-order chi connectivity index (χ0) is 16.4. The molecule has 7 nitrogen and oxygen atoms in total. The summed E-state index contributed by atoms with van der Waals surface area (Å²) < 4.78 is 11.0. The summed E-state index contributed by atoms with van der Waals surface area (Å²) in [5.41, 5.74) is 1.10. The largest absolute Gasteiger partial charge is 0.479 e. The highest BCUT2D eigenvalue weighted by atomic mass is 16.5. The Hall–Kier alpha value is -2.12. The molecule has 124 valence electrons. The molecule has 0 aromatic heterocycles. The van der Waals surface area contributed by atoms with Crippen molar-refractivity contribution in [3.8, 4) is 5.75 Å². The number of para-hydroxylation sites is 1. The highest BCUT2D eigenvalue weighted by molar-refractivity contribution is 6.01. The van der Waals surface area contributed by atoms with Crippen molar-refractivity contribution in [1.29, 1.82) is 0 Å². The van der Waals surface area contributed by atoms with Crippen molar-refractivity contribution < 1.29 is 19.1 Å². The number of fused-ring (bicyclic) bond motifs is 1. The van der Waals surface area contributed by atoms with Crippen LogP contribution >= 0.6 is 0 Å². The van der Waals surface area contributed by atoms with Gasteiger partial charge in [0.15, 0.2) is 12.4 Å². The van der Waals surface area contributed by atoms with E-state index in [-0.39, 0.29) is 18.4 Å². The Labute approximate surface area is 134 Å². The van der Waals surface area contributed by atoms with E-state index in [0.717, 1.165) is 6.54 Å². The molecule has 0 bridgehead atoms. The molecular weight excluding hydrogens is 298 g/mol. The van der Waals surface area contributed by atoms with Crippen LogP contribution in [0.3, 0.4) is 0 Å². The predicted octanol–water partition coefficient (Wildman–Crippen LogP) is 1.07. The standard InChI is InChI=1S/C16H21N3O4/c1-10(2)19-6-7-22-13(8-19)16(21)18-12-5-3-4-11-15(12)23-9-14(20)17-11/h3-5,10,13H,6-9H2,1-2H3,(H,17,20)(H,18,21). The number of hydrogen-bond acceptors (Lipinski definition) is 5. The molecule has 1 saturated heterocycles. The fourth-order valence-electron chi connectivity index (χ4n) is 2.72. The molecule has 1 aromatic rings. The van der Waals surface area contributed by atoms with Gasteiger partial charge in [-0.15, -0.1) is 0 Å². The first-order valence-corrected chi connectivity index (χ1v) is 7.77. The molecule has 1 fully saturated rings. The monoisotopic (exact) mass is 319 g/mol. The van der Waals surface area contributed by atoms with Crippen LogP contribution in [0.25, 0.3) is 0 Å². The Morgan fingerprint density at radius 1 is 1.43 bits per heavy atom. The highest BCUT2D eigenvalue weighted by Crippen LogP contribution is 2.35. The first-order valence-electron chi connectivity index (χ1n) is 7.77. The lowest BCUT2D eigenvalue weighted by Crippen LogP contribution is -2.50. The second kappa shape index (κ2) is 6.55. The summed E-state index contributed by atoms with van der Waals surface area (Å²) in [5.74, 6) is 0.0744. The fourth-order valence-corrected chi connectivity index (χ4v) is 2.72. The maximum absolute atomic E-state index is 12.5. The van der Waals surface area contributed by atoms with E-state index in [2.05, 4.69) is 29.4 Å². The SMILES string of the molecule is CC(C)N1CCOC(C(=O)Nc2cccc3c2OCC(=O)N3)C1. The van der Waals surface area contributed by atoms with E-state index in [9.17, 15) is 9.59 Å². The lowest BCUT2D eigenvalue weighted by atomic mass is 10.2. The molecule has 2 N–H and O–H groups in total. The van der Waals surface area contributed by atoms with Crippen molar-refractivity contribution in [3.63, 3.8) is 0 Å². The van der Waals surface area contributed by atoms with E-state index in [1.54, 1.807) is 18.2 Å². The highest BCUT2D eigenvalue weighted by Gasteiger charge is 2.29. The van der Waals surface area contributed by atoms with Crippen molar-refractivity contribution >= 4 is 23.2 Å². The lowest BCUT2D eigenvalue weighted by Gasteiger charge is -2.34. The van der Waals surface area contributed by atoms with Gasteiger partial charge in [-0.1, -0.05) is 6.07 Å². The van der Waals surface area contributed by atoms with Gasteiger partial charge in [-0.3, -0.25) is 14.5 Å². The molecule has 23 heavy (non-hydrogen) atoms. The second-order valence-electron chi connectivity index (χ2n) is 5.96. The zero-order valence-electron chi connectivity index (χ0n) is 13.3. The first kappa shape index (κ1) is 15.8. The number of rotatable bonds is 3. The molecular formula is C16H21N3O4. The third-order valence-electron chi connectivity index (χ3n) is 4.02. The number of morpholine rings is 1. The van der Waals surface area contributed by atoms with Gasteiger partial charge >= 0.3 is 0 Å². The Balaban J connectivity index is 1.71. The number of hydrogen-bond donors (Lipinski definition) is 2. The van der Waals surface area contributed by atoms with Gasteiger partial charge in [0, 0.05) is 19.1 Å². The van der Waals surface area contributed by atoms with Gasteiger partial charge in [-0.2, -0.15) is 0 Å². The van der Waals surface area contributed by atoms with E-state index < -0.39 is 6.10 Å². The normalized spacial score (nSPS) is 21.3. The van der Waals surface area contributed by atoms with E-state index in [4.69, 9.17) is 9.47 Å². The van der Waals surface area contributed by atoms with Crippen molar-refractivity contribution in [1.82, 2.24) is 4.90 Å². The van der Waals surface area contributed by atoms with Crippen LogP contribution in [-0.4, -0.2) is 55.2 Å².